The van der Waals surface area contributed by atoms with E-state index in [1.54, 1.807) is 0 Å². The summed E-state index contributed by atoms with van der Waals surface area (Å²) >= 11 is 0. The predicted molar refractivity (Wildman–Crippen MR) is 80.3 cm³/mol. The molecular weight excluding hydrogens is 232 g/mol. The Hall–Kier alpha value is -1.75. The van der Waals surface area contributed by atoms with Gasteiger partial charge in [-0.1, -0.05) is 26.2 Å². The zero-order chi connectivity index (χ0) is 13.8. The van der Waals surface area contributed by atoms with Crippen LogP contribution in [0.4, 0.5) is 0 Å². The molecule has 0 radical (unpaired) electrons. The van der Waals surface area contributed by atoms with Crippen LogP contribution in [0.2, 0.25) is 0 Å². The van der Waals surface area contributed by atoms with Gasteiger partial charge in [0.05, 0.1) is 11.6 Å². The van der Waals surface area contributed by atoms with Crippen molar-refractivity contribution in [3.8, 4) is 6.07 Å². The molecule has 0 saturated carbocycles. The lowest BCUT2D eigenvalue weighted by Gasteiger charge is -2.06. The van der Waals surface area contributed by atoms with Gasteiger partial charge in [0, 0.05) is 23.6 Å². The van der Waals surface area contributed by atoms with Gasteiger partial charge in [0.2, 0.25) is 0 Å². The van der Waals surface area contributed by atoms with Crippen molar-refractivity contribution in [2.75, 3.05) is 0 Å². The molecule has 0 bridgehead atoms. The van der Waals surface area contributed by atoms with E-state index in [4.69, 9.17) is 5.26 Å². The third kappa shape index (κ3) is 2.81. The van der Waals surface area contributed by atoms with Crippen LogP contribution in [0.3, 0.4) is 0 Å². The van der Waals surface area contributed by atoms with Crippen LogP contribution in [0.5, 0.6) is 0 Å². The quantitative estimate of drug-likeness (QED) is 0.710. The molecule has 1 aromatic carbocycles. The molecule has 1 heterocycles. The molecule has 0 aliphatic heterocycles. The van der Waals surface area contributed by atoms with Gasteiger partial charge in [0.15, 0.2) is 0 Å². The number of hydrogen-bond donors (Lipinski definition) is 0. The normalized spacial score (nSPS) is 10.8. The van der Waals surface area contributed by atoms with Gasteiger partial charge in [0.25, 0.3) is 0 Å². The minimum atomic E-state index is 0.791. The summed E-state index contributed by atoms with van der Waals surface area (Å²) < 4.78 is 2.34. The van der Waals surface area contributed by atoms with Gasteiger partial charge in [-0.05, 0) is 43.5 Å². The van der Waals surface area contributed by atoms with Crippen LogP contribution in [-0.4, -0.2) is 4.57 Å². The Balaban J connectivity index is 2.31. The lowest BCUT2D eigenvalue weighted by molar-refractivity contribution is 0.593. The molecule has 0 amide bonds. The van der Waals surface area contributed by atoms with E-state index in [0.717, 1.165) is 17.7 Å². The van der Waals surface area contributed by atoms with E-state index >= 15 is 0 Å². The monoisotopic (exact) mass is 254 g/mol. The third-order valence-corrected chi connectivity index (χ3v) is 3.80. The molecule has 0 fully saturated rings. The number of fused-ring (bicyclic) bond motifs is 1. The Morgan fingerprint density at radius 3 is 2.58 bits per heavy atom. The highest BCUT2D eigenvalue weighted by Gasteiger charge is 2.08. The standard InChI is InChI=1S/C17H22N2/c1-4-5-6-7-8-19-12-14(3)16-10-15(11-18)13(2)9-17(16)19/h9-10,12H,4-8H2,1-3H3. The molecule has 19 heavy (non-hydrogen) atoms. The van der Waals surface area contributed by atoms with Gasteiger partial charge < -0.3 is 4.57 Å². The van der Waals surface area contributed by atoms with E-state index in [1.807, 2.05) is 13.0 Å². The minimum Gasteiger partial charge on any atom is -0.347 e. The van der Waals surface area contributed by atoms with Crippen molar-refractivity contribution < 1.29 is 0 Å². The van der Waals surface area contributed by atoms with Crippen molar-refractivity contribution in [1.29, 1.82) is 5.26 Å². The highest BCUT2D eigenvalue weighted by atomic mass is 15.0. The van der Waals surface area contributed by atoms with Gasteiger partial charge >= 0.3 is 0 Å². The van der Waals surface area contributed by atoms with E-state index in [2.05, 4.69) is 36.7 Å². The zero-order valence-corrected chi connectivity index (χ0v) is 12.2. The maximum absolute atomic E-state index is 9.12. The average molecular weight is 254 g/mol. The lowest BCUT2D eigenvalue weighted by atomic mass is 10.1. The van der Waals surface area contributed by atoms with E-state index in [-0.39, 0.29) is 0 Å². The molecule has 1 aromatic heterocycles. The predicted octanol–water partition coefficient (Wildman–Crippen LogP) is 4.71. The Kier molecular flexibility index (Phi) is 4.27. The molecule has 0 unspecified atom stereocenters. The summed E-state index contributed by atoms with van der Waals surface area (Å²) in [7, 11) is 0. The van der Waals surface area contributed by atoms with E-state index in [1.165, 1.54) is 42.1 Å². The third-order valence-electron chi connectivity index (χ3n) is 3.80. The average Bonchev–Trinajstić information content (AvgIpc) is 2.70. The maximum Gasteiger partial charge on any atom is 0.0994 e. The highest BCUT2D eigenvalue weighted by Crippen LogP contribution is 2.25. The molecule has 0 atom stereocenters. The fourth-order valence-electron chi connectivity index (χ4n) is 2.63. The zero-order valence-electron chi connectivity index (χ0n) is 12.2. The Morgan fingerprint density at radius 2 is 1.89 bits per heavy atom. The first-order valence-corrected chi connectivity index (χ1v) is 7.17. The summed E-state index contributed by atoms with van der Waals surface area (Å²) in [4.78, 5) is 0. The molecule has 0 aliphatic carbocycles. The second-order valence-corrected chi connectivity index (χ2v) is 5.36. The second kappa shape index (κ2) is 5.93. The van der Waals surface area contributed by atoms with Gasteiger partial charge in [0.1, 0.15) is 0 Å². The summed E-state index contributed by atoms with van der Waals surface area (Å²) in [5.41, 5.74) is 4.40. The summed E-state index contributed by atoms with van der Waals surface area (Å²) in [6, 6.07) is 6.46. The van der Waals surface area contributed by atoms with Crippen LogP contribution in [-0.2, 0) is 6.54 Å². The molecular formula is C17H22N2. The van der Waals surface area contributed by atoms with Crippen LogP contribution >= 0.6 is 0 Å². The Labute approximate surface area is 115 Å². The first-order valence-electron chi connectivity index (χ1n) is 7.17. The van der Waals surface area contributed by atoms with Crippen LogP contribution in [0, 0.1) is 25.2 Å². The smallest absolute Gasteiger partial charge is 0.0994 e. The van der Waals surface area contributed by atoms with Crippen LogP contribution < -0.4 is 0 Å². The number of rotatable bonds is 5. The number of nitrogens with zero attached hydrogens (tertiary/aromatic N) is 2. The van der Waals surface area contributed by atoms with Crippen LogP contribution in [0.1, 0.15) is 49.3 Å². The fourth-order valence-corrected chi connectivity index (χ4v) is 2.63. The van der Waals surface area contributed by atoms with Gasteiger partial charge in [-0.15, -0.1) is 0 Å². The first kappa shape index (κ1) is 13.7. The van der Waals surface area contributed by atoms with Crippen LogP contribution in [0.25, 0.3) is 10.9 Å². The number of aryl methyl sites for hydroxylation is 3. The topological polar surface area (TPSA) is 28.7 Å². The molecule has 0 saturated heterocycles. The molecule has 0 spiro atoms. The number of benzene rings is 1. The second-order valence-electron chi connectivity index (χ2n) is 5.36. The van der Waals surface area contributed by atoms with Crippen molar-refractivity contribution in [2.24, 2.45) is 0 Å². The maximum atomic E-state index is 9.12. The number of aromatic nitrogens is 1. The van der Waals surface area contributed by atoms with Crippen molar-refractivity contribution >= 4 is 10.9 Å². The van der Waals surface area contributed by atoms with Crippen molar-refractivity contribution in [1.82, 2.24) is 4.57 Å². The SMILES string of the molecule is CCCCCCn1cc(C)c2cc(C#N)c(C)cc21. The van der Waals surface area contributed by atoms with Crippen molar-refractivity contribution in [3.63, 3.8) is 0 Å². The van der Waals surface area contributed by atoms with Gasteiger partial charge in [-0.3, -0.25) is 0 Å². The summed E-state index contributed by atoms with van der Waals surface area (Å²) in [5.74, 6) is 0. The molecule has 2 nitrogen and oxygen atoms in total. The lowest BCUT2D eigenvalue weighted by Crippen LogP contribution is -1.96. The molecule has 0 aliphatic rings. The van der Waals surface area contributed by atoms with Crippen molar-refractivity contribution in [3.05, 3.63) is 35.0 Å². The molecule has 2 aromatic rings. The molecule has 0 N–H and O–H groups in total. The van der Waals surface area contributed by atoms with E-state index in [0.29, 0.717) is 0 Å². The fraction of sp³-hybridized carbons (Fsp3) is 0.471. The van der Waals surface area contributed by atoms with E-state index in [9.17, 15) is 0 Å². The summed E-state index contributed by atoms with van der Waals surface area (Å²) in [6.07, 6.45) is 7.34. The number of hydrogen-bond acceptors (Lipinski definition) is 1. The van der Waals surface area contributed by atoms with Gasteiger partial charge in [-0.25, -0.2) is 0 Å². The molecule has 100 valence electrons. The minimum absolute atomic E-state index is 0.791. The first-order chi connectivity index (χ1) is 9.17. The highest BCUT2D eigenvalue weighted by molar-refractivity contribution is 5.86. The van der Waals surface area contributed by atoms with Gasteiger partial charge in [-0.2, -0.15) is 5.26 Å². The summed E-state index contributed by atoms with van der Waals surface area (Å²) in [6.45, 7) is 7.46. The Morgan fingerprint density at radius 1 is 1.11 bits per heavy atom. The van der Waals surface area contributed by atoms with Crippen molar-refractivity contribution in [2.45, 2.75) is 53.0 Å². The van der Waals surface area contributed by atoms with Crippen LogP contribution in [0.15, 0.2) is 18.3 Å². The Bertz CT molecular complexity index is 614. The van der Waals surface area contributed by atoms with E-state index < -0.39 is 0 Å². The molecule has 2 heteroatoms. The number of nitriles is 1. The number of unbranched alkanes of at least 4 members (excludes halogenated alkanes) is 3. The summed E-state index contributed by atoms with van der Waals surface area (Å²) in [5, 5.41) is 10.3. The molecule has 2 rings (SSSR count). The largest absolute Gasteiger partial charge is 0.347 e.